The monoisotopic (exact) mass is 570 g/mol. The largest absolute Gasteiger partial charge is 0.356 e. The minimum Gasteiger partial charge on any atom is -0.356 e. The molecular formula is C31H46N4O2S2. The molecule has 0 bridgehead atoms. The molecular weight excluding hydrogens is 525 g/mol. The minimum atomic E-state index is -0.157. The molecule has 1 saturated heterocycles. The molecule has 1 aliphatic rings. The molecule has 214 valence electrons. The molecule has 0 saturated carbocycles. The summed E-state index contributed by atoms with van der Waals surface area (Å²) in [6, 6.07) is 3.82. The summed E-state index contributed by atoms with van der Waals surface area (Å²) < 4.78 is 2.16. The summed E-state index contributed by atoms with van der Waals surface area (Å²) in [5.41, 5.74) is 1.90. The van der Waals surface area contributed by atoms with Crippen molar-refractivity contribution in [2.45, 2.75) is 105 Å². The molecule has 0 aromatic carbocycles. The zero-order valence-corrected chi connectivity index (χ0v) is 26.0. The highest BCUT2D eigenvalue weighted by Gasteiger charge is 2.32. The van der Waals surface area contributed by atoms with Crippen LogP contribution >= 0.6 is 24.0 Å². The summed E-state index contributed by atoms with van der Waals surface area (Å²) in [6.45, 7) is 10.7. The molecule has 6 nitrogen and oxygen atoms in total. The normalized spacial score (nSPS) is 14.8. The van der Waals surface area contributed by atoms with E-state index in [1.165, 1.54) is 63.1 Å². The Hall–Kier alpha value is -2.19. The van der Waals surface area contributed by atoms with Crippen molar-refractivity contribution in [1.82, 2.24) is 14.3 Å². The Labute approximate surface area is 244 Å². The molecule has 0 radical (unpaired) electrons. The second kappa shape index (κ2) is 16.2. The van der Waals surface area contributed by atoms with Gasteiger partial charge in [0.15, 0.2) is 0 Å². The molecule has 0 atom stereocenters. The van der Waals surface area contributed by atoms with Crippen LogP contribution in [0.3, 0.4) is 0 Å². The molecule has 1 amide bonds. The van der Waals surface area contributed by atoms with E-state index in [-0.39, 0.29) is 11.5 Å². The van der Waals surface area contributed by atoms with Crippen LogP contribution in [-0.2, 0) is 4.79 Å². The van der Waals surface area contributed by atoms with Gasteiger partial charge in [0, 0.05) is 25.8 Å². The van der Waals surface area contributed by atoms with Gasteiger partial charge in [0.1, 0.15) is 15.8 Å². The molecule has 1 fully saturated rings. The van der Waals surface area contributed by atoms with E-state index < -0.39 is 0 Å². The van der Waals surface area contributed by atoms with Crippen LogP contribution in [0.1, 0.15) is 109 Å². The fourth-order valence-corrected chi connectivity index (χ4v) is 6.40. The Bertz CT molecular complexity index is 1200. The van der Waals surface area contributed by atoms with Gasteiger partial charge in [-0.15, -0.1) is 0 Å². The van der Waals surface area contributed by atoms with Gasteiger partial charge in [0.05, 0.1) is 10.5 Å². The number of fused-ring (bicyclic) bond motifs is 1. The van der Waals surface area contributed by atoms with Gasteiger partial charge < -0.3 is 4.90 Å². The molecule has 2 aromatic rings. The summed E-state index contributed by atoms with van der Waals surface area (Å²) in [7, 11) is 0. The summed E-state index contributed by atoms with van der Waals surface area (Å²) in [5.74, 6) is 0.552. The highest BCUT2D eigenvalue weighted by atomic mass is 32.2. The minimum absolute atomic E-state index is 0.0989. The number of nitrogens with zero attached hydrogens (tertiary/aromatic N) is 4. The van der Waals surface area contributed by atoms with E-state index in [1.54, 1.807) is 21.6 Å². The van der Waals surface area contributed by atoms with Crippen molar-refractivity contribution in [3.05, 3.63) is 44.7 Å². The maximum absolute atomic E-state index is 13.7. The summed E-state index contributed by atoms with van der Waals surface area (Å²) >= 11 is 6.89. The first-order chi connectivity index (χ1) is 18.9. The first kappa shape index (κ1) is 31.3. The van der Waals surface area contributed by atoms with E-state index in [1.807, 2.05) is 19.1 Å². The van der Waals surface area contributed by atoms with Crippen LogP contribution in [-0.4, -0.2) is 44.1 Å². The Kier molecular flexibility index (Phi) is 13.0. The lowest BCUT2D eigenvalue weighted by molar-refractivity contribution is -0.122. The third kappa shape index (κ3) is 8.40. The number of carbonyl (C=O) groups is 1. The van der Waals surface area contributed by atoms with E-state index in [2.05, 4.69) is 25.7 Å². The summed E-state index contributed by atoms with van der Waals surface area (Å²) in [6.07, 6.45) is 17.9. The van der Waals surface area contributed by atoms with Crippen LogP contribution in [0.25, 0.3) is 11.7 Å². The van der Waals surface area contributed by atoms with Gasteiger partial charge in [-0.3, -0.25) is 18.9 Å². The standard InChI is InChI=1S/C31H46N4O2S2/c1-5-8-9-10-11-12-13-14-15-16-21-35-30(37)26(39-31(35)38)23-25-28(33(19-6-2)20-7-3)32-27-24(4)18-17-22-34(27)29(25)36/h17-18,22-23H,5-16,19-21H2,1-4H3. The number of hydrogen-bond acceptors (Lipinski definition) is 6. The Balaban J connectivity index is 1.74. The van der Waals surface area contributed by atoms with Crippen molar-refractivity contribution in [2.75, 3.05) is 24.5 Å². The van der Waals surface area contributed by atoms with Gasteiger partial charge in [0.2, 0.25) is 0 Å². The zero-order valence-electron chi connectivity index (χ0n) is 24.3. The number of rotatable bonds is 17. The van der Waals surface area contributed by atoms with E-state index in [0.717, 1.165) is 44.3 Å². The SMILES string of the molecule is CCCCCCCCCCCCN1C(=O)C(=Cc2c(N(CCC)CCC)nc3c(C)cccn3c2=O)SC1=S. The number of thioether (sulfide) groups is 1. The molecule has 0 unspecified atom stereocenters. The third-order valence-electron chi connectivity index (χ3n) is 7.24. The first-order valence-electron chi connectivity index (χ1n) is 14.9. The van der Waals surface area contributed by atoms with Crippen molar-refractivity contribution in [3.8, 4) is 0 Å². The van der Waals surface area contributed by atoms with Crippen molar-refractivity contribution in [3.63, 3.8) is 0 Å². The predicted molar refractivity (Wildman–Crippen MR) is 171 cm³/mol. The highest BCUT2D eigenvalue weighted by molar-refractivity contribution is 8.26. The molecule has 8 heteroatoms. The Morgan fingerprint density at radius 1 is 0.923 bits per heavy atom. The van der Waals surface area contributed by atoms with E-state index in [9.17, 15) is 9.59 Å². The highest BCUT2D eigenvalue weighted by Crippen LogP contribution is 2.34. The smallest absolute Gasteiger partial charge is 0.267 e. The summed E-state index contributed by atoms with van der Waals surface area (Å²) in [4.78, 5) is 36.5. The molecule has 1 aliphatic heterocycles. The molecule has 3 heterocycles. The van der Waals surface area contributed by atoms with Crippen molar-refractivity contribution in [2.24, 2.45) is 0 Å². The van der Waals surface area contributed by atoms with E-state index in [4.69, 9.17) is 17.2 Å². The van der Waals surface area contributed by atoms with Gasteiger partial charge >= 0.3 is 0 Å². The number of carbonyl (C=O) groups excluding carboxylic acids is 1. The topological polar surface area (TPSA) is 57.9 Å². The average molecular weight is 571 g/mol. The lowest BCUT2D eigenvalue weighted by atomic mass is 10.1. The fraction of sp³-hybridized carbons (Fsp3) is 0.613. The van der Waals surface area contributed by atoms with Crippen LogP contribution in [0.5, 0.6) is 0 Å². The average Bonchev–Trinajstić information content (AvgIpc) is 3.18. The van der Waals surface area contributed by atoms with Crippen LogP contribution < -0.4 is 10.5 Å². The third-order valence-corrected chi connectivity index (χ3v) is 8.61. The van der Waals surface area contributed by atoms with Crippen molar-refractivity contribution < 1.29 is 4.79 Å². The maximum Gasteiger partial charge on any atom is 0.267 e. The van der Waals surface area contributed by atoms with Gasteiger partial charge in [0.25, 0.3) is 11.5 Å². The Morgan fingerprint density at radius 3 is 2.15 bits per heavy atom. The number of aromatic nitrogens is 2. The van der Waals surface area contributed by atoms with Crippen molar-refractivity contribution in [1.29, 1.82) is 0 Å². The quantitative estimate of drug-likeness (QED) is 0.110. The number of amides is 1. The van der Waals surface area contributed by atoms with Crippen LogP contribution in [0.2, 0.25) is 0 Å². The van der Waals surface area contributed by atoms with Crippen LogP contribution in [0.4, 0.5) is 5.82 Å². The number of anilines is 1. The molecule has 0 N–H and O–H groups in total. The molecule has 0 spiro atoms. The second-order valence-electron chi connectivity index (χ2n) is 10.5. The molecule has 3 rings (SSSR count). The molecule has 0 aliphatic carbocycles. The van der Waals surface area contributed by atoms with Crippen molar-refractivity contribution >= 4 is 51.7 Å². The molecule has 39 heavy (non-hydrogen) atoms. The van der Waals surface area contributed by atoms with Gasteiger partial charge in [-0.1, -0.05) is 109 Å². The van der Waals surface area contributed by atoms with Crippen LogP contribution in [0.15, 0.2) is 28.0 Å². The number of pyridine rings is 1. The van der Waals surface area contributed by atoms with Gasteiger partial charge in [-0.25, -0.2) is 4.98 Å². The number of thiocarbonyl (C=S) groups is 1. The number of hydrogen-bond donors (Lipinski definition) is 0. The lowest BCUT2D eigenvalue weighted by Crippen LogP contribution is -2.31. The number of aryl methyl sites for hydroxylation is 1. The van der Waals surface area contributed by atoms with Crippen LogP contribution in [0, 0.1) is 6.92 Å². The molecule has 2 aromatic heterocycles. The second-order valence-corrected chi connectivity index (χ2v) is 12.2. The zero-order chi connectivity index (χ0) is 28.2. The number of unbranched alkanes of at least 4 members (excludes halogenated alkanes) is 9. The Morgan fingerprint density at radius 2 is 1.54 bits per heavy atom. The van der Waals surface area contributed by atoms with Gasteiger partial charge in [-0.2, -0.15) is 0 Å². The lowest BCUT2D eigenvalue weighted by Gasteiger charge is -2.25. The van der Waals surface area contributed by atoms with Gasteiger partial charge in [-0.05, 0) is 43.9 Å². The van der Waals surface area contributed by atoms with E-state index >= 15 is 0 Å². The fourth-order valence-electron chi connectivity index (χ4n) is 5.11. The summed E-state index contributed by atoms with van der Waals surface area (Å²) in [5, 5.41) is 0. The first-order valence-corrected chi connectivity index (χ1v) is 16.2. The predicted octanol–water partition coefficient (Wildman–Crippen LogP) is 7.75. The maximum atomic E-state index is 13.7. The van der Waals surface area contributed by atoms with E-state index in [0.29, 0.717) is 32.8 Å².